The molecule has 0 aliphatic carbocycles. The molecule has 0 saturated carbocycles. The van der Waals surface area contributed by atoms with Gasteiger partial charge in [-0.3, -0.25) is 4.99 Å². The number of aromatic nitrogens is 1. The van der Waals surface area contributed by atoms with Crippen LogP contribution < -0.4 is 4.98 Å². The second-order valence-electron chi connectivity index (χ2n) is 3.18. The van der Waals surface area contributed by atoms with E-state index in [0.29, 0.717) is 0 Å². The van der Waals surface area contributed by atoms with E-state index in [0.717, 1.165) is 11.4 Å². The SMILES string of the molecule is Cc1ccccc1N=Cc1ccc[n-]1.[Cl][Ti][Cl]. The first-order valence-corrected chi connectivity index (χ1v) is 9.21. The van der Waals surface area contributed by atoms with Gasteiger partial charge in [-0.2, -0.15) is 6.20 Å². The molecule has 0 saturated heterocycles. The van der Waals surface area contributed by atoms with Gasteiger partial charge in [-0.1, -0.05) is 30.3 Å². The Morgan fingerprint density at radius 1 is 1.18 bits per heavy atom. The first-order chi connectivity index (χ1) is 8.27. The summed E-state index contributed by atoms with van der Waals surface area (Å²) in [5, 5.41) is 0. The molecule has 88 valence electrons. The molecule has 1 aromatic heterocycles. The summed E-state index contributed by atoms with van der Waals surface area (Å²) in [5.74, 6) is 0. The van der Waals surface area contributed by atoms with Crippen LogP contribution in [0.5, 0.6) is 0 Å². The standard InChI is InChI=1S/C12H11N2.2ClH.Ti/c1-10-5-2-3-7-12(10)14-9-11-6-4-8-13-11;;;/h2-9H,1H3;2*1H;/q-1;;;+2/p-2. The predicted molar refractivity (Wildman–Crippen MR) is 69.9 cm³/mol. The van der Waals surface area contributed by atoms with Gasteiger partial charge in [0.1, 0.15) is 0 Å². The van der Waals surface area contributed by atoms with Crippen molar-refractivity contribution in [1.82, 2.24) is 4.98 Å². The number of para-hydroxylation sites is 1. The molecule has 0 aliphatic heterocycles. The van der Waals surface area contributed by atoms with Gasteiger partial charge >= 0.3 is 35.6 Å². The minimum atomic E-state index is -0.556. The zero-order valence-corrected chi connectivity index (χ0v) is 12.3. The van der Waals surface area contributed by atoms with Crippen molar-refractivity contribution in [2.75, 3.05) is 0 Å². The van der Waals surface area contributed by atoms with E-state index in [1.807, 2.05) is 43.3 Å². The third kappa shape index (κ3) is 5.56. The van der Waals surface area contributed by atoms with Crippen LogP contribution in [0.4, 0.5) is 5.69 Å². The third-order valence-electron chi connectivity index (χ3n) is 2.03. The summed E-state index contributed by atoms with van der Waals surface area (Å²) in [6.45, 7) is 2.05. The molecule has 17 heavy (non-hydrogen) atoms. The van der Waals surface area contributed by atoms with Gasteiger partial charge in [0.15, 0.2) is 0 Å². The molecule has 2 aromatic rings. The molecule has 0 bridgehead atoms. The first-order valence-electron chi connectivity index (χ1n) is 4.91. The van der Waals surface area contributed by atoms with Crippen molar-refractivity contribution in [3.8, 4) is 0 Å². The van der Waals surface area contributed by atoms with Crippen LogP contribution in [-0.2, 0) is 17.0 Å². The number of aliphatic imine (C=N–C) groups is 1. The van der Waals surface area contributed by atoms with E-state index in [1.165, 1.54) is 5.56 Å². The van der Waals surface area contributed by atoms with E-state index in [1.54, 1.807) is 12.4 Å². The van der Waals surface area contributed by atoms with Gasteiger partial charge in [-0.05, 0) is 18.6 Å². The van der Waals surface area contributed by atoms with Gasteiger partial charge in [0.05, 0.1) is 5.69 Å². The Hall–Kier alpha value is -0.536. The van der Waals surface area contributed by atoms with E-state index < -0.39 is 17.0 Å². The Morgan fingerprint density at radius 2 is 1.88 bits per heavy atom. The molecule has 1 heterocycles. The molecular weight excluding hydrogens is 291 g/mol. The van der Waals surface area contributed by atoms with Crippen LogP contribution in [0.25, 0.3) is 0 Å². The summed E-state index contributed by atoms with van der Waals surface area (Å²) in [5.41, 5.74) is 3.07. The van der Waals surface area contributed by atoms with Gasteiger partial charge in [0.25, 0.3) is 0 Å². The minimum absolute atomic E-state index is 0.556. The number of aryl methyl sites for hydroxylation is 1. The fourth-order valence-electron chi connectivity index (χ4n) is 1.23. The quantitative estimate of drug-likeness (QED) is 0.606. The van der Waals surface area contributed by atoms with Crippen LogP contribution in [-0.4, -0.2) is 6.21 Å². The Bertz CT molecular complexity index is 455. The normalized spacial score (nSPS) is 9.82. The Balaban J connectivity index is 0.000000437. The van der Waals surface area contributed by atoms with Crippen molar-refractivity contribution in [2.45, 2.75) is 6.92 Å². The van der Waals surface area contributed by atoms with Crippen molar-refractivity contribution in [1.29, 1.82) is 0 Å². The van der Waals surface area contributed by atoms with Crippen molar-refractivity contribution in [2.24, 2.45) is 4.99 Å². The molecule has 2 nitrogen and oxygen atoms in total. The molecule has 0 spiro atoms. The number of hydrogen-bond donors (Lipinski definition) is 0. The van der Waals surface area contributed by atoms with Crippen molar-refractivity contribution < 1.29 is 17.0 Å². The van der Waals surface area contributed by atoms with Gasteiger partial charge < -0.3 is 4.98 Å². The zero-order valence-electron chi connectivity index (χ0n) is 9.27. The number of nitrogens with zero attached hydrogens (tertiary/aromatic N) is 2. The van der Waals surface area contributed by atoms with Crippen LogP contribution >= 0.6 is 18.6 Å². The van der Waals surface area contributed by atoms with Gasteiger partial charge in [-0.25, -0.2) is 0 Å². The van der Waals surface area contributed by atoms with Crippen molar-refractivity contribution >= 4 is 30.5 Å². The molecule has 0 amide bonds. The second kappa shape index (κ2) is 8.54. The van der Waals surface area contributed by atoms with Gasteiger partial charge in [0.2, 0.25) is 0 Å². The summed E-state index contributed by atoms with van der Waals surface area (Å²) in [4.78, 5) is 8.47. The summed E-state index contributed by atoms with van der Waals surface area (Å²) in [6.07, 6.45) is 3.54. The van der Waals surface area contributed by atoms with Crippen LogP contribution in [0.2, 0.25) is 0 Å². The van der Waals surface area contributed by atoms with E-state index in [2.05, 4.69) is 9.98 Å². The molecule has 1 aromatic carbocycles. The van der Waals surface area contributed by atoms with Crippen LogP contribution in [0.15, 0.2) is 47.6 Å². The monoisotopic (exact) mass is 301 g/mol. The predicted octanol–water partition coefficient (Wildman–Crippen LogP) is 4.08. The summed E-state index contributed by atoms with van der Waals surface area (Å²) < 4.78 is 0. The maximum absolute atomic E-state index is 4.89. The maximum atomic E-state index is 4.89. The topological polar surface area (TPSA) is 26.5 Å². The van der Waals surface area contributed by atoms with Crippen molar-refractivity contribution in [3.63, 3.8) is 0 Å². The van der Waals surface area contributed by atoms with Crippen LogP contribution in [0.3, 0.4) is 0 Å². The Morgan fingerprint density at radius 3 is 2.47 bits per heavy atom. The molecule has 0 atom stereocenters. The van der Waals surface area contributed by atoms with E-state index in [4.69, 9.17) is 18.6 Å². The molecule has 0 unspecified atom stereocenters. The molecule has 5 heteroatoms. The van der Waals surface area contributed by atoms with Crippen molar-refractivity contribution in [3.05, 3.63) is 53.9 Å². The summed E-state index contributed by atoms with van der Waals surface area (Å²) in [7, 11) is 9.78. The zero-order chi connectivity index (χ0) is 12.5. The molecule has 2 rings (SSSR count). The number of benzene rings is 1. The van der Waals surface area contributed by atoms with Gasteiger partial charge in [-0.15, -0.1) is 5.69 Å². The molecule has 0 fully saturated rings. The average Bonchev–Trinajstić information content (AvgIpc) is 2.82. The number of halogens is 2. The fraction of sp³-hybridized carbons (Fsp3) is 0.0833. The van der Waals surface area contributed by atoms with E-state index in [-0.39, 0.29) is 0 Å². The molecule has 0 radical (unpaired) electrons. The number of rotatable bonds is 2. The van der Waals surface area contributed by atoms with Crippen LogP contribution in [0, 0.1) is 6.92 Å². The molecule has 0 aliphatic rings. The summed E-state index contributed by atoms with van der Waals surface area (Å²) >= 11 is -0.556. The molecular formula is C12H11Cl2N2Ti-. The fourth-order valence-corrected chi connectivity index (χ4v) is 1.23. The Labute approximate surface area is 118 Å². The van der Waals surface area contributed by atoms with E-state index in [9.17, 15) is 0 Å². The number of hydrogen-bond acceptors (Lipinski definition) is 1. The first kappa shape index (κ1) is 14.5. The van der Waals surface area contributed by atoms with Gasteiger partial charge in [0, 0.05) is 6.21 Å². The Kier molecular flexibility index (Phi) is 7.30. The average molecular weight is 302 g/mol. The second-order valence-corrected chi connectivity index (χ2v) is 5.76. The summed E-state index contributed by atoms with van der Waals surface area (Å²) in [6, 6.07) is 11.9. The van der Waals surface area contributed by atoms with Crippen LogP contribution in [0.1, 0.15) is 11.3 Å². The van der Waals surface area contributed by atoms with E-state index >= 15 is 0 Å². The molecule has 0 N–H and O–H groups in total. The third-order valence-corrected chi connectivity index (χ3v) is 2.03.